The molecule has 0 spiro atoms. The maximum absolute atomic E-state index is 11.6. The van der Waals surface area contributed by atoms with Gasteiger partial charge in [-0.1, -0.05) is 48.5 Å². The van der Waals surface area contributed by atoms with Crippen LogP contribution in [0.15, 0.2) is 54.6 Å². The zero-order valence-corrected chi connectivity index (χ0v) is 11.6. The van der Waals surface area contributed by atoms with Gasteiger partial charge in [0.1, 0.15) is 11.5 Å². The molecular formula is C14H16NO4P. The second-order valence-electron chi connectivity index (χ2n) is 4.42. The van der Waals surface area contributed by atoms with Crippen LogP contribution >= 0.6 is 7.60 Å². The highest BCUT2D eigenvalue weighted by Crippen LogP contribution is 2.51. The molecule has 2 aromatic carbocycles. The second kappa shape index (κ2) is 6.20. The van der Waals surface area contributed by atoms with E-state index >= 15 is 0 Å². The number of phenolic OH excluding ortho intramolecular Hbond substituents is 1. The lowest BCUT2D eigenvalue weighted by atomic mass is 10.2. The van der Waals surface area contributed by atoms with E-state index in [-0.39, 0.29) is 11.3 Å². The number of nitrogens with one attached hydrogen (secondary N) is 1. The highest BCUT2D eigenvalue weighted by molar-refractivity contribution is 7.52. The number of aromatic hydroxyl groups is 1. The molecule has 0 radical (unpaired) electrons. The summed E-state index contributed by atoms with van der Waals surface area (Å²) >= 11 is 0. The van der Waals surface area contributed by atoms with Crippen LogP contribution in [0, 0.1) is 0 Å². The Balaban J connectivity index is 2.22. The van der Waals surface area contributed by atoms with Gasteiger partial charge in [0, 0.05) is 12.1 Å². The lowest BCUT2D eigenvalue weighted by Crippen LogP contribution is -2.21. The summed E-state index contributed by atoms with van der Waals surface area (Å²) in [5.41, 5.74) is 1.10. The van der Waals surface area contributed by atoms with Crippen molar-refractivity contribution in [2.75, 3.05) is 0 Å². The van der Waals surface area contributed by atoms with Crippen molar-refractivity contribution < 1.29 is 19.5 Å². The summed E-state index contributed by atoms with van der Waals surface area (Å²) in [6.45, 7) is 0.297. The predicted octanol–water partition coefficient (Wildman–Crippen LogP) is 2.36. The van der Waals surface area contributed by atoms with E-state index in [0.717, 1.165) is 5.56 Å². The molecule has 5 nitrogen and oxygen atoms in total. The Morgan fingerprint density at radius 1 is 1.00 bits per heavy atom. The Kier molecular flexibility index (Phi) is 4.57. The fraction of sp³-hybridized carbons (Fsp3) is 0.143. The minimum absolute atomic E-state index is 0.138. The number of hydrogen-bond donors (Lipinski definition) is 4. The zero-order chi connectivity index (χ0) is 14.6. The molecule has 106 valence electrons. The number of para-hydroxylation sites is 1. The van der Waals surface area contributed by atoms with E-state index in [9.17, 15) is 19.5 Å². The van der Waals surface area contributed by atoms with Crippen molar-refractivity contribution >= 4 is 7.60 Å². The highest BCUT2D eigenvalue weighted by Gasteiger charge is 2.31. The minimum Gasteiger partial charge on any atom is -0.508 e. The van der Waals surface area contributed by atoms with E-state index in [1.807, 2.05) is 30.3 Å². The summed E-state index contributed by atoms with van der Waals surface area (Å²) in [5, 5.41) is 12.6. The molecule has 0 aliphatic rings. The first kappa shape index (κ1) is 14.8. The lowest BCUT2D eigenvalue weighted by molar-refractivity contribution is 0.344. The smallest absolute Gasteiger partial charge is 0.346 e. The van der Waals surface area contributed by atoms with E-state index in [2.05, 4.69) is 5.32 Å². The standard InChI is InChI=1S/C14H16NO4P/c16-13-9-5-4-8-12(13)14(20(17,18)19)15-10-11-6-2-1-3-7-11/h1-9,14-16H,10H2,(H2,17,18,19). The van der Waals surface area contributed by atoms with Crippen molar-refractivity contribution in [2.45, 2.75) is 12.3 Å². The van der Waals surface area contributed by atoms with Crippen LogP contribution in [0.2, 0.25) is 0 Å². The molecule has 0 heterocycles. The van der Waals surface area contributed by atoms with Crippen LogP contribution in [-0.4, -0.2) is 14.9 Å². The van der Waals surface area contributed by atoms with Crippen LogP contribution in [0.5, 0.6) is 5.75 Å². The van der Waals surface area contributed by atoms with Crippen molar-refractivity contribution in [2.24, 2.45) is 0 Å². The molecule has 20 heavy (non-hydrogen) atoms. The van der Waals surface area contributed by atoms with Crippen molar-refractivity contribution in [3.8, 4) is 5.75 Å². The van der Waals surface area contributed by atoms with Crippen LogP contribution in [0.3, 0.4) is 0 Å². The summed E-state index contributed by atoms with van der Waals surface area (Å²) in [7, 11) is -4.43. The lowest BCUT2D eigenvalue weighted by Gasteiger charge is -2.21. The van der Waals surface area contributed by atoms with Gasteiger partial charge in [0.05, 0.1) is 0 Å². The predicted molar refractivity (Wildman–Crippen MR) is 76.2 cm³/mol. The fourth-order valence-electron chi connectivity index (χ4n) is 1.94. The van der Waals surface area contributed by atoms with Gasteiger partial charge in [-0.25, -0.2) is 0 Å². The minimum atomic E-state index is -4.43. The topological polar surface area (TPSA) is 89.8 Å². The van der Waals surface area contributed by atoms with Gasteiger partial charge in [-0.3, -0.25) is 9.88 Å². The Morgan fingerprint density at radius 3 is 2.20 bits per heavy atom. The quantitative estimate of drug-likeness (QED) is 0.635. The van der Waals surface area contributed by atoms with E-state index in [4.69, 9.17) is 0 Å². The third kappa shape index (κ3) is 3.68. The van der Waals surface area contributed by atoms with Gasteiger partial charge in [-0.2, -0.15) is 0 Å². The second-order valence-corrected chi connectivity index (χ2v) is 6.11. The molecule has 2 rings (SSSR count). The van der Waals surface area contributed by atoms with Crippen LogP contribution < -0.4 is 5.32 Å². The van der Waals surface area contributed by atoms with Crippen molar-refractivity contribution in [1.29, 1.82) is 0 Å². The van der Waals surface area contributed by atoms with E-state index in [1.165, 1.54) is 12.1 Å². The molecule has 0 amide bonds. The Labute approximate surface area is 117 Å². The largest absolute Gasteiger partial charge is 0.508 e. The molecule has 4 N–H and O–H groups in total. The van der Waals surface area contributed by atoms with Crippen molar-refractivity contribution in [3.63, 3.8) is 0 Å². The number of hydrogen-bond acceptors (Lipinski definition) is 3. The van der Waals surface area contributed by atoms with Gasteiger partial charge in [0.25, 0.3) is 0 Å². The summed E-state index contributed by atoms with van der Waals surface area (Å²) in [4.78, 5) is 18.9. The van der Waals surface area contributed by atoms with Gasteiger partial charge < -0.3 is 14.9 Å². The molecule has 1 atom stereocenters. The summed E-state index contributed by atoms with van der Waals surface area (Å²) < 4.78 is 11.6. The van der Waals surface area contributed by atoms with E-state index < -0.39 is 13.4 Å². The maximum atomic E-state index is 11.6. The molecular weight excluding hydrogens is 277 g/mol. The average Bonchev–Trinajstić information content (AvgIpc) is 2.41. The highest BCUT2D eigenvalue weighted by atomic mass is 31.2. The molecule has 0 aliphatic carbocycles. The van der Waals surface area contributed by atoms with Crippen LogP contribution in [0.1, 0.15) is 16.9 Å². The molecule has 6 heteroatoms. The Bertz CT molecular complexity index is 612. The molecule has 0 saturated carbocycles. The molecule has 2 aromatic rings. The van der Waals surface area contributed by atoms with Crippen molar-refractivity contribution in [1.82, 2.24) is 5.32 Å². The van der Waals surface area contributed by atoms with Crippen molar-refractivity contribution in [3.05, 3.63) is 65.7 Å². The first-order valence-corrected chi connectivity index (χ1v) is 7.77. The van der Waals surface area contributed by atoms with Gasteiger partial charge in [0.15, 0.2) is 0 Å². The molecule has 0 aliphatic heterocycles. The first-order chi connectivity index (χ1) is 9.48. The molecule has 0 saturated heterocycles. The first-order valence-electron chi connectivity index (χ1n) is 6.09. The van der Waals surface area contributed by atoms with E-state index in [1.54, 1.807) is 12.1 Å². The summed E-state index contributed by atoms with van der Waals surface area (Å²) in [6, 6.07) is 15.4. The Morgan fingerprint density at radius 2 is 1.60 bits per heavy atom. The normalized spacial score (nSPS) is 13.1. The number of rotatable bonds is 5. The molecule has 0 bridgehead atoms. The van der Waals surface area contributed by atoms with Gasteiger partial charge in [-0.05, 0) is 11.6 Å². The molecule has 0 aromatic heterocycles. The monoisotopic (exact) mass is 293 g/mol. The fourth-order valence-corrected chi connectivity index (χ4v) is 2.85. The average molecular weight is 293 g/mol. The Hall–Kier alpha value is -1.65. The van der Waals surface area contributed by atoms with Gasteiger partial charge in [-0.15, -0.1) is 0 Å². The van der Waals surface area contributed by atoms with Crippen LogP contribution in [0.25, 0.3) is 0 Å². The number of phenols is 1. The van der Waals surface area contributed by atoms with Gasteiger partial charge in [0.2, 0.25) is 0 Å². The molecule has 0 fully saturated rings. The van der Waals surface area contributed by atoms with E-state index in [0.29, 0.717) is 6.54 Å². The summed E-state index contributed by atoms with van der Waals surface area (Å²) in [5.74, 6) is -1.37. The van der Waals surface area contributed by atoms with Gasteiger partial charge >= 0.3 is 7.60 Å². The SMILES string of the molecule is O=P(O)(O)C(NCc1ccccc1)c1ccccc1O. The third-order valence-corrected chi connectivity index (χ3v) is 4.04. The summed E-state index contributed by atoms with van der Waals surface area (Å²) in [6.07, 6.45) is 0. The zero-order valence-electron chi connectivity index (χ0n) is 10.7. The maximum Gasteiger partial charge on any atom is 0.346 e. The van der Waals surface area contributed by atoms with Crippen LogP contribution in [-0.2, 0) is 11.1 Å². The van der Waals surface area contributed by atoms with Crippen LogP contribution in [0.4, 0.5) is 0 Å². The molecule has 1 unspecified atom stereocenters. The third-order valence-electron chi connectivity index (χ3n) is 2.91. The number of benzene rings is 2.